The first kappa shape index (κ1) is 7.35. The minimum atomic E-state index is -0.347. The first-order valence-electron chi connectivity index (χ1n) is 4.11. The van der Waals surface area contributed by atoms with Crippen molar-refractivity contribution in [3.05, 3.63) is 17.5 Å². The zero-order valence-corrected chi connectivity index (χ0v) is 7.00. The summed E-state index contributed by atoms with van der Waals surface area (Å²) in [6.45, 7) is 1.93. The monoisotopic (exact) mass is 162 g/mol. The normalized spacial score (nSPS) is 19.7. The van der Waals surface area contributed by atoms with Gasteiger partial charge in [0.1, 0.15) is 5.41 Å². The molecule has 1 aromatic rings. The van der Waals surface area contributed by atoms with Crippen molar-refractivity contribution < 1.29 is 4.52 Å². The quantitative estimate of drug-likeness (QED) is 0.634. The lowest BCUT2D eigenvalue weighted by atomic mass is 9.67. The molecule has 1 aromatic heterocycles. The highest BCUT2D eigenvalue weighted by Crippen LogP contribution is 2.44. The molecule has 0 radical (unpaired) electrons. The summed E-state index contributed by atoms with van der Waals surface area (Å²) in [7, 11) is 0. The topological polar surface area (TPSA) is 49.8 Å². The number of hydrogen-bond donors (Lipinski definition) is 0. The number of nitriles is 1. The highest BCUT2D eigenvalue weighted by molar-refractivity contribution is 5.32. The maximum absolute atomic E-state index is 9.00. The SMILES string of the molecule is Cc1cnoc1C1(C#N)CCC1. The summed E-state index contributed by atoms with van der Waals surface area (Å²) in [5.41, 5.74) is 0.650. The van der Waals surface area contributed by atoms with Gasteiger partial charge in [0.05, 0.1) is 12.3 Å². The van der Waals surface area contributed by atoms with Crippen LogP contribution in [0, 0.1) is 18.3 Å². The van der Waals surface area contributed by atoms with Gasteiger partial charge in [-0.1, -0.05) is 5.16 Å². The molecule has 0 atom stereocenters. The molecule has 0 spiro atoms. The van der Waals surface area contributed by atoms with Crippen molar-refractivity contribution in [2.45, 2.75) is 31.6 Å². The van der Waals surface area contributed by atoms with Crippen LogP contribution < -0.4 is 0 Å². The molecule has 0 aromatic carbocycles. The van der Waals surface area contributed by atoms with E-state index in [1.807, 2.05) is 6.92 Å². The molecule has 1 aliphatic rings. The van der Waals surface area contributed by atoms with Crippen molar-refractivity contribution >= 4 is 0 Å². The highest BCUT2D eigenvalue weighted by Gasteiger charge is 2.43. The van der Waals surface area contributed by atoms with Crippen LogP contribution in [-0.4, -0.2) is 5.16 Å². The minimum absolute atomic E-state index is 0.347. The molecular formula is C9H10N2O. The van der Waals surface area contributed by atoms with Crippen LogP contribution in [0.25, 0.3) is 0 Å². The second-order valence-electron chi connectivity index (χ2n) is 3.39. The fourth-order valence-corrected chi connectivity index (χ4v) is 1.67. The highest BCUT2D eigenvalue weighted by atomic mass is 16.5. The van der Waals surface area contributed by atoms with Crippen LogP contribution in [-0.2, 0) is 5.41 Å². The number of nitrogens with zero attached hydrogens (tertiary/aromatic N) is 2. The van der Waals surface area contributed by atoms with Crippen LogP contribution in [0.4, 0.5) is 0 Å². The van der Waals surface area contributed by atoms with Crippen molar-refractivity contribution in [1.29, 1.82) is 5.26 Å². The van der Waals surface area contributed by atoms with Crippen molar-refractivity contribution in [1.82, 2.24) is 5.16 Å². The van der Waals surface area contributed by atoms with E-state index in [9.17, 15) is 0 Å². The number of hydrogen-bond acceptors (Lipinski definition) is 3. The van der Waals surface area contributed by atoms with Gasteiger partial charge in [-0.3, -0.25) is 0 Å². The Morgan fingerprint density at radius 2 is 2.42 bits per heavy atom. The Bertz CT molecular complexity index is 331. The third-order valence-electron chi connectivity index (χ3n) is 2.60. The van der Waals surface area contributed by atoms with Crippen LogP contribution in [0.2, 0.25) is 0 Å². The van der Waals surface area contributed by atoms with Gasteiger partial charge in [-0.15, -0.1) is 0 Å². The Kier molecular flexibility index (Phi) is 1.44. The molecule has 0 bridgehead atoms. The van der Waals surface area contributed by atoms with Gasteiger partial charge in [0, 0.05) is 5.56 Å². The number of aryl methyl sites for hydroxylation is 1. The van der Waals surface area contributed by atoms with Crippen LogP contribution in [0.3, 0.4) is 0 Å². The van der Waals surface area contributed by atoms with E-state index >= 15 is 0 Å². The van der Waals surface area contributed by atoms with Gasteiger partial charge in [-0.2, -0.15) is 5.26 Å². The third kappa shape index (κ3) is 0.781. The fourth-order valence-electron chi connectivity index (χ4n) is 1.67. The van der Waals surface area contributed by atoms with Gasteiger partial charge in [0.2, 0.25) is 0 Å². The second kappa shape index (κ2) is 2.34. The summed E-state index contributed by atoms with van der Waals surface area (Å²) in [4.78, 5) is 0. The Balaban J connectivity index is 2.42. The Morgan fingerprint density at radius 3 is 2.75 bits per heavy atom. The molecule has 3 nitrogen and oxygen atoms in total. The van der Waals surface area contributed by atoms with E-state index in [0.29, 0.717) is 0 Å². The molecule has 0 aliphatic heterocycles. The van der Waals surface area contributed by atoms with Crippen LogP contribution >= 0.6 is 0 Å². The predicted octanol–water partition coefficient (Wildman–Crippen LogP) is 1.93. The molecule has 2 rings (SSSR count). The van der Waals surface area contributed by atoms with E-state index in [2.05, 4.69) is 11.2 Å². The molecule has 1 fully saturated rings. The van der Waals surface area contributed by atoms with E-state index in [1.165, 1.54) is 0 Å². The summed E-state index contributed by atoms with van der Waals surface area (Å²) in [6, 6.07) is 2.32. The number of aromatic nitrogens is 1. The smallest absolute Gasteiger partial charge is 0.159 e. The van der Waals surface area contributed by atoms with Crippen molar-refractivity contribution in [3.63, 3.8) is 0 Å². The standard InChI is InChI=1S/C9H10N2O/c1-7-5-11-12-8(7)9(6-10)3-2-4-9/h5H,2-4H2,1H3. The lowest BCUT2D eigenvalue weighted by molar-refractivity contribution is 0.239. The Morgan fingerprint density at radius 1 is 1.67 bits per heavy atom. The first-order valence-corrected chi connectivity index (χ1v) is 4.11. The van der Waals surface area contributed by atoms with Gasteiger partial charge < -0.3 is 4.52 Å². The van der Waals surface area contributed by atoms with E-state index in [1.54, 1.807) is 6.20 Å². The molecule has 0 amide bonds. The third-order valence-corrected chi connectivity index (χ3v) is 2.60. The van der Waals surface area contributed by atoms with Gasteiger partial charge in [0.25, 0.3) is 0 Å². The molecule has 12 heavy (non-hydrogen) atoms. The van der Waals surface area contributed by atoms with Gasteiger partial charge >= 0.3 is 0 Å². The molecule has 1 saturated carbocycles. The Hall–Kier alpha value is -1.30. The largest absolute Gasteiger partial charge is 0.359 e. The molecule has 0 unspecified atom stereocenters. The average Bonchev–Trinajstić information content (AvgIpc) is 2.36. The van der Waals surface area contributed by atoms with E-state index in [0.717, 1.165) is 30.6 Å². The van der Waals surface area contributed by atoms with Gasteiger partial charge in [0.15, 0.2) is 5.76 Å². The molecule has 0 N–H and O–H groups in total. The molecule has 1 heterocycles. The van der Waals surface area contributed by atoms with Crippen LogP contribution in [0.5, 0.6) is 0 Å². The van der Waals surface area contributed by atoms with Crippen molar-refractivity contribution in [2.75, 3.05) is 0 Å². The van der Waals surface area contributed by atoms with Gasteiger partial charge in [-0.05, 0) is 26.2 Å². The summed E-state index contributed by atoms with van der Waals surface area (Å²) in [5, 5.41) is 12.7. The molecule has 0 saturated heterocycles. The second-order valence-corrected chi connectivity index (χ2v) is 3.39. The maximum Gasteiger partial charge on any atom is 0.159 e. The zero-order chi connectivity index (χ0) is 8.60. The molecular weight excluding hydrogens is 152 g/mol. The summed E-state index contributed by atoms with van der Waals surface area (Å²) < 4.78 is 5.09. The fraction of sp³-hybridized carbons (Fsp3) is 0.556. The summed E-state index contributed by atoms with van der Waals surface area (Å²) >= 11 is 0. The molecule has 1 aliphatic carbocycles. The van der Waals surface area contributed by atoms with E-state index < -0.39 is 0 Å². The predicted molar refractivity (Wildman–Crippen MR) is 42.4 cm³/mol. The molecule has 3 heteroatoms. The lowest BCUT2D eigenvalue weighted by Crippen LogP contribution is -2.32. The van der Waals surface area contributed by atoms with Gasteiger partial charge in [-0.25, -0.2) is 0 Å². The Labute approximate surface area is 71.0 Å². The minimum Gasteiger partial charge on any atom is -0.359 e. The summed E-state index contributed by atoms with van der Waals surface area (Å²) in [5.74, 6) is 0.774. The average molecular weight is 162 g/mol. The number of rotatable bonds is 1. The summed E-state index contributed by atoms with van der Waals surface area (Å²) in [6.07, 6.45) is 4.62. The van der Waals surface area contributed by atoms with E-state index in [4.69, 9.17) is 9.78 Å². The maximum atomic E-state index is 9.00. The van der Waals surface area contributed by atoms with E-state index in [-0.39, 0.29) is 5.41 Å². The first-order chi connectivity index (χ1) is 5.78. The lowest BCUT2D eigenvalue weighted by Gasteiger charge is -2.32. The van der Waals surface area contributed by atoms with Crippen molar-refractivity contribution in [2.24, 2.45) is 0 Å². The zero-order valence-electron chi connectivity index (χ0n) is 7.00. The van der Waals surface area contributed by atoms with Crippen LogP contribution in [0.15, 0.2) is 10.7 Å². The molecule has 62 valence electrons. The van der Waals surface area contributed by atoms with Crippen molar-refractivity contribution in [3.8, 4) is 6.07 Å². The van der Waals surface area contributed by atoms with Crippen LogP contribution in [0.1, 0.15) is 30.6 Å².